The van der Waals surface area contributed by atoms with E-state index in [2.05, 4.69) is 26.5 Å². The summed E-state index contributed by atoms with van der Waals surface area (Å²) < 4.78 is 19.4. The molecule has 1 N–H and O–H groups in total. The molecule has 1 heterocycles. The quantitative estimate of drug-likeness (QED) is 0.525. The van der Waals surface area contributed by atoms with E-state index in [0.717, 1.165) is 10.0 Å². The number of rotatable bonds is 4. The summed E-state index contributed by atoms with van der Waals surface area (Å²) in [6.07, 6.45) is 1.41. The number of nitrogens with zero attached hydrogens (tertiary/aromatic N) is 1. The predicted molar refractivity (Wildman–Crippen MR) is 93.3 cm³/mol. The third-order valence-corrected chi connectivity index (χ3v) is 3.75. The molecule has 2 aromatic carbocycles. The van der Waals surface area contributed by atoms with Crippen LogP contribution in [0, 0.1) is 5.82 Å². The lowest BCUT2D eigenvalue weighted by atomic mass is 10.2. The fourth-order valence-corrected chi connectivity index (χ4v) is 2.28. The molecule has 0 aliphatic carbocycles. The molecule has 1 aromatic heterocycles. The molecular formula is C18H12BrFN2O2. The number of hydrazone groups is 1. The van der Waals surface area contributed by atoms with Crippen molar-refractivity contribution in [1.82, 2.24) is 5.43 Å². The number of furan rings is 1. The van der Waals surface area contributed by atoms with Crippen LogP contribution < -0.4 is 5.43 Å². The summed E-state index contributed by atoms with van der Waals surface area (Å²) >= 11 is 3.38. The maximum absolute atomic E-state index is 12.8. The molecule has 120 valence electrons. The smallest absolute Gasteiger partial charge is 0.271 e. The van der Waals surface area contributed by atoms with Crippen LogP contribution in [0.5, 0.6) is 0 Å². The van der Waals surface area contributed by atoms with Crippen molar-refractivity contribution in [3.63, 3.8) is 0 Å². The van der Waals surface area contributed by atoms with Gasteiger partial charge < -0.3 is 4.42 Å². The van der Waals surface area contributed by atoms with Gasteiger partial charge in [0.1, 0.15) is 17.3 Å². The lowest BCUT2D eigenvalue weighted by molar-refractivity contribution is 0.0955. The van der Waals surface area contributed by atoms with Gasteiger partial charge in [0.05, 0.1) is 6.21 Å². The lowest BCUT2D eigenvalue weighted by Crippen LogP contribution is -2.17. The van der Waals surface area contributed by atoms with Gasteiger partial charge in [-0.3, -0.25) is 4.79 Å². The molecule has 0 fully saturated rings. The van der Waals surface area contributed by atoms with E-state index in [-0.39, 0.29) is 0 Å². The minimum Gasteiger partial charge on any atom is -0.455 e. The number of benzene rings is 2. The number of hydrogen-bond acceptors (Lipinski definition) is 3. The molecule has 0 saturated carbocycles. The first-order chi connectivity index (χ1) is 11.6. The van der Waals surface area contributed by atoms with Crippen molar-refractivity contribution in [1.29, 1.82) is 0 Å². The summed E-state index contributed by atoms with van der Waals surface area (Å²) in [4.78, 5) is 11.8. The first kappa shape index (κ1) is 16.1. The van der Waals surface area contributed by atoms with Crippen LogP contribution in [0.2, 0.25) is 0 Å². The van der Waals surface area contributed by atoms with Crippen molar-refractivity contribution in [2.24, 2.45) is 5.10 Å². The second kappa shape index (κ2) is 7.23. The van der Waals surface area contributed by atoms with Gasteiger partial charge in [-0.15, -0.1) is 0 Å². The molecule has 0 spiro atoms. The maximum atomic E-state index is 12.8. The zero-order valence-electron chi connectivity index (χ0n) is 12.4. The highest BCUT2D eigenvalue weighted by molar-refractivity contribution is 9.10. The summed E-state index contributed by atoms with van der Waals surface area (Å²) in [7, 11) is 0. The van der Waals surface area contributed by atoms with Crippen molar-refractivity contribution in [3.8, 4) is 11.3 Å². The zero-order chi connectivity index (χ0) is 16.9. The van der Waals surface area contributed by atoms with Gasteiger partial charge in [-0.1, -0.05) is 28.1 Å². The summed E-state index contributed by atoms with van der Waals surface area (Å²) in [6, 6.07) is 16.5. The molecule has 24 heavy (non-hydrogen) atoms. The fourth-order valence-electron chi connectivity index (χ4n) is 2.01. The molecule has 4 nitrogen and oxygen atoms in total. The van der Waals surface area contributed by atoms with Gasteiger partial charge in [0.25, 0.3) is 5.91 Å². The topological polar surface area (TPSA) is 54.6 Å². The second-order valence-corrected chi connectivity index (χ2v) is 5.83. The van der Waals surface area contributed by atoms with E-state index >= 15 is 0 Å². The van der Waals surface area contributed by atoms with E-state index < -0.39 is 11.7 Å². The SMILES string of the molecule is O=C(N/N=C\c1ccc(-c2ccc(Br)cc2)o1)c1ccc(F)cc1. The van der Waals surface area contributed by atoms with E-state index in [1.165, 1.54) is 30.5 Å². The van der Waals surface area contributed by atoms with Crippen LogP contribution in [0.1, 0.15) is 16.1 Å². The molecular weight excluding hydrogens is 375 g/mol. The second-order valence-electron chi connectivity index (χ2n) is 4.91. The molecule has 0 bridgehead atoms. The minimum absolute atomic E-state index is 0.323. The van der Waals surface area contributed by atoms with Crippen molar-refractivity contribution >= 4 is 28.1 Å². The van der Waals surface area contributed by atoms with Crippen molar-refractivity contribution in [2.75, 3.05) is 0 Å². The van der Waals surface area contributed by atoms with Gasteiger partial charge >= 0.3 is 0 Å². The Balaban J connectivity index is 1.64. The molecule has 0 saturated heterocycles. The Hall–Kier alpha value is -2.73. The minimum atomic E-state index is -0.425. The standard InChI is InChI=1S/C18H12BrFN2O2/c19-14-5-1-12(2-6-14)17-10-9-16(24-17)11-21-22-18(23)13-3-7-15(20)8-4-13/h1-11H,(H,22,23)/b21-11-. The number of carbonyl (C=O) groups is 1. The average Bonchev–Trinajstić information content (AvgIpc) is 3.05. The van der Waals surface area contributed by atoms with Crippen LogP contribution in [0.4, 0.5) is 4.39 Å². The Morgan fingerprint density at radius 3 is 2.46 bits per heavy atom. The number of carbonyl (C=O) groups excluding carboxylic acids is 1. The Kier molecular flexibility index (Phi) is 4.86. The maximum Gasteiger partial charge on any atom is 0.271 e. The average molecular weight is 387 g/mol. The zero-order valence-corrected chi connectivity index (χ0v) is 14.0. The third kappa shape index (κ3) is 3.97. The van der Waals surface area contributed by atoms with Gasteiger partial charge in [-0.2, -0.15) is 5.10 Å². The molecule has 0 aliphatic rings. The van der Waals surface area contributed by atoms with Gasteiger partial charge in [0, 0.05) is 15.6 Å². The summed E-state index contributed by atoms with van der Waals surface area (Å²) in [6.45, 7) is 0. The third-order valence-electron chi connectivity index (χ3n) is 3.22. The summed E-state index contributed by atoms with van der Waals surface area (Å²) in [5, 5.41) is 3.84. The molecule has 0 unspecified atom stereocenters. The normalized spacial score (nSPS) is 10.9. The Labute approximate surface area is 146 Å². The van der Waals surface area contributed by atoms with Gasteiger partial charge in [0.15, 0.2) is 0 Å². The fraction of sp³-hybridized carbons (Fsp3) is 0. The monoisotopic (exact) mass is 386 g/mol. The van der Waals surface area contributed by atoms with Crippen LogP contribution in [0.3, 0.4) is 0 Å². The molecule has 0 radical (unpaired) electrons. The van der Waals surface area contributed by atoms with Crippen LogP contribution in [-0.2, 0) is 0 Å². The number of halogens is 2. The highest BCUT2D eigenvalue weighted by Crippen LogP contribution is 2.23. The first-order valence-corrected chi connectivity index (χ1v) is 7.86. The number of nitrogens with one attached hydrogen (secondary N) is 1. The predicted octanol–water partition coefficient (Wildman–Crippen LogP) is 4.61. The Bertz CT molecular complexity index is 871. The van der Waals surface area contributed by atoms with E-state index in [9.17, 15) is 9.18 Å². The van der Waals surface area contributed by atoms with E-state index in [0.29, 0.717) is 17.1 Å². The van der Waals surface area contributed by atoms with Crippen LogP contribution in [0.25, 0.3) is 11.3 Å². The van der Waals surface area contributed by atoms with E-state index in [1.54, 1.807) is 6.07 Å². The van der Waals surface area contributed by atoms with Crippen molar-refractivity contribution in [3.05, 3.63) is 82.3 Å². The van der Waals surface area contributed by atoms with E-state index in [1.807, 2.05) is 30.3 Å². The molecule has 0 aliphatic heterocycles. The highest BCUT2D eigenvalue weighted by atomic mass is 79.9. The lowest BCUT2D eigenvalue weighted by Gasteiger charge is -1.99. The van der Waals surface area contributed by atoms with Crippen LogP contribution in [-0.4, -0.2) is 12.1 Å². The molecule has 3 rings (SSSR count). The van der Waals surface area contributed by atoms with Gasteiger partial charge in [-0.05, 0) is 48.5 Å². The summed E-state index contributed by atoms with van der Waals surface area (Å²) in [5.41, 5.74) is 3.63. The van der Waals surface area contributed by atoms with E-state index in [4.69, 9.17) is 4.42 Å². The van der Waals surface area contributed by atoms with Crippen molar-refractivity contribution in [2.45, 2.75) is 0 Å². The number of hydrogen-bond donors (Lipinski definition) is 1. The Morgan fingerprint density at radius 1 is 1.04 bits per heavy atom. The molecule has 0 atom stereocenters. The molecule has 3 aromatic rings. The van der Waals surface area contributed by atoms with Gasteiger partial charge in [-0.25, -0.2) is 9.82 Å². The summed E-state index contributed by atoms with van der Waals surface area (Å²) in [5.74, 6) is 0.387. The van der Waals surface area contributed by atoms with Crippen LogP contribution >= 0.6 is 15.9 Å². The van der Waals surface area contributed by atoms with Crippen molar-refractivity contribution < 1.29 is 13.6 Å². The molecule has 6 heteroatoms. The van der Waals surface area contributed by atoms with Gasteiger partial charge in [0.2, 0.25) is 0 Å². The Morgan fingerprint density at radius 2 is 1.75 bits per heavy atom. The van der Waals surface area contributed by atoms with Crippen LogP contribution in [0.15, 0.2) is 74.7 Å². The highest BCUT2D eigenvalue weighted by Gasteiger charge is 2.05. The largest absolute Gasteiger partial charge is 0.455 e. The number of amides is 1. The molecule has 1 amide bonds. The first-order valence-electron chi connectivity index (χ1n) is 7.06.